The molecule has 0 aromatic heterocycles. The molecule has 3 aliphatic rings. The summed E-state index contributed by atoms with van der Waals surface area (Å²) in [7, 11) is 0. The molecule has 0 saturated heterocycles. The van der Waals surface area contributed by atoms with Crippen molar-refractivity contribution in [3.8, 4) is 0 Å². The summed E-state index contributed by atoms with van der Waals surface area (Å²) in [5.74, 6) is 0.497. The Balaban J connectivity index is 1.52. The van der Waals surface area contributed by atoms with Gasteiger partial charge in [0.15, 0.2) is 0 Å². The number of hydrogen-bond donors (Lipinski definition) is 2. The largest absolute Gasteiger partial charge is 0.391 e. The van der Waals surface area contributed by atoms with Crippen LogP contribution in [0.15, 0.2) is 4.99 Å². The van der Waals surface area contributed by atoms with Crippen LogP contribution in [0.5, 0.6) is 0 Å². The van der Waals surface area contributed by atoms with Gasteiger partial charge in [0, 0.05) is 0 Å². The molecule has 2 fully saturated rings. The fourth-order valence-corrected chi connectivity index (χ4v) is 4.30. The molecule has 0 amide bonds. The van der Waals surface area contributed by atoms with Crippen LogP contribution in [-0.2, 0) is 0 Å². The van der Waals surface area contributed by atoms with Crippen LogP contribution in [0.3, 0.4) is 0 Å². The van der Waals surface area contributed by atoms with Crippen LogP contribution in [-0.4, -0.2) is 30.1 Å². The van der Waals surface area contributed by atoms with Crippen LogP contribution >= 0.6 is 0 Å². The second-order valence-corrected chi connectivity index (χ2v) is 6.66. The van der Waals surface area contributed by atoms with Gasteiger partial charge in [-0.15, -0.1) is 0 Å². The van der Waals surface area contributed by atoms with E-state index in [1.165, 1.54) is 57.8 Å². The molecule has 2 atom stereocenters. The summed E-state index contributed by atoms with van der Waals surface area (Å²) in [6.07, 6.45) is 13.9. The summed E-state index contributed by atoms with van der Waals surface area (Å²) in [4.78, 5) is 4.17. The third-order valence-corrected chi connectivity index (χ3v) is 5.58. The lowest BCUT2D eigenvalue weighted by Crippen LogP contribution is -2.44. The third kappa shape index (κ3) is 2.42. The third-order valence-electron chi connectivity index (χ3n) is 5.58. The number of rotatable bonds is 2. The van der Waals surface area contributed by atoms with Gasteiger partial charge in [0.25, 0.3) is 0 Å². The van der Waals surface area contributed by atoms with Gasteiger partial charge in [-0.2, -0.15) is 0 Å². The summed E-state index contributed by atoms with van der Waals surface area (Å²) in [6.45, 7) is 0.753. The van der Waals surface area contributed by atoms with E-state index in [0.29, 0.717) is 11.3 Å². The first-order chi connectivity index (χ1) is 8.79. The zero-order valence-corrected chi connectivity index (χ0v) is 11.3. The Labute approximate surface area is 110 Å². The van der Waals surface area contributed by atoms with Crippen LogP contribution in [0.4, 0.5) is 0 Å². The van der Waals surface area contributed by atoms with Crippen molar-refractivity contribution in [1.29, 1.82) is 0 Å². The van der Waals surface area contributed by atoms with E-state index in [-0.39, 0.29) is 12.1 Å². The average molecular weight is 250 g/mol. The normalized spacial score (nSPS) is 33.5. The van der Waals surface area contributed by atoms with Crippen molar-refractivity contribution >= 4 is 6.34 Å². The van der Waals surface area contributed by atoms with E-state index >= 15 is 0 Å². The van der Waals surface area contributed by atoms with Crippen LogP contribution in [0.25, 0.3) is 0 Å². The van der Waals surface area contributed by atoms with E-state index in [9.17, 15) is 5.11 Å². The van der Waals surface area contributed by atoms with E-state index in [0.717, 1.165) is 6.54 Å². The molecular weight excluding hydrogens is 224 g/mol. The van der Waals surface area contributed by atoms with Gasteiger partial charge < -0.3 is 10.4 Å². The summed E-state index contributed by atoms with van der Waals surface area (Å²) in [5, 5.41) is 13.6. The van der Waals surface area contributed by atoms with E-state index in [1.807, 2.05) is 0 Å². The van der Waals surface area contributed by atoms with Crippen molar-refractivity contribution in [2.24, 2.45) is 16.3 Å². The fourth-order valence-electron chi connectivity index (χ4n) is 4.30. The highest BCUT2D eigenvalue weighted by Crippen LogP contribution is 2.49. The van der Waals surface area contributed by atoms with Crippen molar-refractivity contribution in [3.63, 3.8) is 0 Å². The molecule has 1 spiro atoms. The first-order valence-corrected chi connectivity index (χ1v) is 7.72. The van der Waals surface area contributed by atoms with Crippen LogP contribution in [0.1, 0.15) is 57.8 Å². The SMILES string of the molecule is OC(C1CCC2(CCCCC2)CC1)C1CN=CN1. The number of aliphatic imine (C=N–C) groups is 1. The van der Waals surface area contributed by atoms with Crippen molar-refractivity contribution in [2.45, 2.75) is 69.9 Å². The molecule has 3 heteroatoms. The fraction of sp³-hybridized carbons (Fsp3) is 0.933. The lowest BCUT2D eigenvalue weighted by molar-refractivity contribution is 0.0172. The van der Waals surface area contributed by atoms with Crippen molar-refractivity contribution < 1.29 is 5.11 Å². The zero-order valence-electron chi connectivity index (χ0n) is 11.3. The Morgan fingerprint density at radius 3 is 2.44 bits per heavy atom. The molecular formula is C15H26N2O. The Bertz CT molecular complexity index is 292. The maximum absolute atomic E-state index is 10.4. The van der Waals surface area contributed by atoms with Gasteiger partial charge in [0.1, 0.15) is 0 Å². The standard InChI is InChI=1S/C15H26N2O/c18-14(13-10-16-11-17-13)12-4-8-15(9-5-12)6-2-1-3-7-15/h11-14,18H,1-10H2,(H,16,17). The molecule has 1 aliphatic heterocycles. The topological polar surface area (TPSA) is 44.6 Å². The smallest absolute Gasteiger partial charge is 0.0828 e. The second-order valence-electron chi connectivity index (χ2n) is 6.66. The van der Waals surface area contributed by atoms with E-state index < -0.39 is 0 Å². The molecule has 102 valence electrons. The summed E-state index contributed by atoms with van der Waals surface area (Å²) in [5.41, 5.74) is 0.661. The minimum absolute atomic E-state index is 0.176. The maximum Gasteiger partial charge on any atom is 0.0828 e. The molecule has 18 heavy (non-hydrogen) atoms. The number of aliphatic hydroxyl groups is 1. The summed E-state index contributed by atoms with van der Waals surface area (Å²) < 4.78 is 0. The van der Waals surface area contributed by atoms with Gasteiger partial charge in [0.05, 0.1) is 25.0 Å². The highest BCUT2D eigenvalue weighted by atomic mass is 16.3. The van der Waals surface area contributed by atoms with E-state index in [2.05, 4.69) is 10.3 Å². The van der Waals surface area contributed by atoms with Gasteiger partial charge in [-0.05, 0) is 49.9 Å². The predicted molar refractivity (Wildman–Crippen MR) is 73.8 cm³/mol. The highest BCUT2D eigenvalue weighted by Gasteiger charge is 2.39. The van der Waals surface area contributed by atoms with E-state index in [4.69, 9.17) is 0 Å². The Morgan fingerprint density at radius 2 is 1.83 bits per heavy atom. The lowest BCUT2D eigenvalue weighted by atomic mass is 9.62. The van der Waals surface area contributed by atoms with Gasteiger partial charge >= 0.3 is 0 Å². The first kappa shape index (κ1) is 12.5. The van der Waals surface area contributed by atoms with Crippen LogP contribution < -0.4 is 5.32 Å². The van der Waals surface area contributed by atoms with Crippen LogP contribution in [0, 0.1) is 11.3 Å². The molecule has 0 bridgehead atoms. The monoisotopic (exact) mass is 250 g/mol. The molecule has 2 N–H and O–H groups in total. The molecule has 2 unspecified atom stereocenters. The molecule has 0 aromatic carbocycles. The van der Waals surface area contributed by atoms with Gasteiger partial charge in [-0.1, -0.05) is 19.3 Å². The quantitative estimate of drug-likeness (QED) is 0.791. The van der Waals surface area contributed by atoms with E-state index in [1.54, 1.807) is 6.34 Å². The average Bonchev–Trinajstić information content (AvgIpc) is 2.94. The second kappa shape index (κ2) is 5.20. The molecule has 1 heterocycles. The first-order valence-electron chi connectivity index (χ1n) is 7.72. The number of hydrogen-bond acceptors (Lipinski definition) is 3. The Kier molecular flexibility index (Phi) is 3.60. The molecule has 2 saturated carbocycles. The maximum atomic E-state index is 10.4. The van der Waals surface area contributed by atoms with Crippen molar-refractivity contribution in [2.75, 3.05) is 6.54 Å². The number of nitrogens with zero attached hydrogens (tertiary/aromatic N) is 1. The van der Waals surface area contributed by atoms with Gasteiger partial charge in [-0.3, -0.25) is 4.99 Å². The molecule has 2 aliphatic carbocycles. The minimum atomic E-state index is -0.201. The van der Waals surface area contributed by atoms with Crippen molar-refractivity contribution in [1.82, 2.24) is 5.32 Å². The molecule has 0 aromatic rings. The highest BCUT2D eigenvalue weighted by molar-refractivity contribution is 5.57. The zero-order chi connectivity index (χ0) is 12.4. The lowest BCUT2D eigenvalue weighted by Gasteiger charge is -2.44. The van der Waals surface area contributed by atoms with Gasteiger partial charge in [0.2, 0.25) is 0 Å². The molecule has 0 radical (unpaired) electrons. The van der Waals surface area contributed by atoms with Crippen LogP contribution in [0.2, 0.25) is 0 Å². The van der Waals surface area contributed by atoms with Crippen molar-refractivity contribution in [3.05, 3.63) is 0 Å². The predicted octanol–water partition coefficient (Wildman–Crippen LogP) is 2.49. The molecule has 3 rings (SSSR count). The number of aliphatic hydroxyl groups excluding tert-OH is 1. The van der Waals surface area contributed by atoms with Gasteiger partial charge in [-0.25, -0.2) is 0 Å². The number of nitrogens with one attached hydrogen (secondary N) is 1. The Morgan fingerprint density at radius 1 is 1.11 bits per heavy atom. The molecule has 3 nitrogen and oxygen atoms in total. The summed E-state index contributed by atoms with van der Waals surface area (Å²) in [6, 6.07) is 0.176. The Hall–Kier alpha value is -0.570. The minimum Gasteiger partial charge on any atom is -0.391 e. The summed E-state index contributed by atoms with van der Waals surface area (Å²) >= 11 is 0.